The predicted octanol–water partition coefficient (Wildman–Crippen LogP) is 1.65. The number of carboxylic acid groups (broad SMARTS) is 1. The Morgan fingerprint density at radius 2 is 2.31 bits per heavy atom. The summed E-state index contributed by atoms with van der Waals surface area (Å²) in [5, 5.41) is 14.5. The highest BCUT2D eigenvalue weighted by molar-refractivity contribution is 8.01. The highest BCUT2D eigenvalue weighted by atomic mass is 32.2. The Morgan fingerprint density at radius 1 is 1.62 bits per heavy atom. The number of halogens is 2. The summed E-state index contributed by atoms with van der Waals surface area (Å²) in [5.41, 5.74) is 0. The number of hydrogen-bond acceptors (Lipinski definition) is 5. The van der Waals surface area contributed by atoms with Crippen molar-refractivity contribution in [3.8, 4) is 0 Å². The Labute approximate surface area is 80.0 Å². The van der Waals surface area contributed by atoms with Crippen molar-refractivity contribution < 1.29 is 18.7 Å². The summed E-state index contributed by atoms with van der Waals surface area (Å²) in [6.07, 6.45) is -2.64. The second-order valence-corrected chi connectivity index (χ2v) is 4.12. The Morgan fingerprint density at radius 3 is 2.77 bits per heavy atom. The molecule has 0 saturated heterocycles. The molecule has 0 aliphatic heterocycles. The van der Waals surface area contributed by atoms with E-state index in [9.17, 15) is 13.6 Å². The lowest BCUT2D eigenvalue weighted by molar-refractivity contribution is -0.133. The van der Waals surface area contributed by atoms with E-state index in [0.717, 1.165) is 11.8 Å². The van der Waals surface area contributed by atoms with Crippen molar-refractivity contribution in [1.29, 1.82) is 0 Å². The zero-order valence-electron chi connectivity index (χ0n) is 6.11. The highest BCUT2D eigenvalue weighted by Gasteiger charge is 2.14. The van der Waals surface area contributed by atoms with E-state index in [1.807, 2.05) is 0 Å². The molecule has 13 heavy (non-hydrogen) atoms. The van der Waals surface area contributed by atoms with E-state index in [4.69, 9.17) is 5.11 Å². The first-order valence-electron chi connectivity index (χ1n) is 3.05. The number of aromatic nitrogens is 2. The number of aliphatic carboxylic acids is 1. The van der Waals surface area contributed by atoms with E-state index in [0.29, 0.717) is 11.3 Å². The third-order valence-electron chi connectivity index (χ3n) is 0.928. The number of carboxylic acids is 1. The topological polar surface area (TPSA) is 63.1 Å². The van der Waals surface area contributed by atoms with Crippen LogP contribution in [0, 0.1) is 0 Å². The fourth-order valence-electron chi connectivity index (χ4n) is 0.490. The molecule has 0 spiro atoms. The molecule has 0 fully saturated rings. The zero-order valence-corrected chi connectivity index (χ0v) is 7.74. The molecule has 4 nitrogen and oxygen atoms in total. The standard InChI is InChI=1S/C5H4F2N2O2S2/c6-3(7)4-8-9-5(13-4)12-1-2(10)11/h3H,1H2,(H,10,11). The Bertz CT molecular complexity index is 304. The summed E-state index contributed by atoms with van der Waals surface area (Å²) in [6, 6.07) is 0. The van der Waals surface area contributed by atoms with Crippen molar-refractivity contribution in [1.82, 2.24) is 10.2 Å². The molecular weight excluding hydrogens is 222 g/mol. The number of thioether (sulfide) groups is 1. The van der Waals surface area contributed by atoms with Crippen LogP contribution in [0.3, 0.4) is 0 Å². The number of alkyl halides is 2. The summed E-state index contributed by atoms with van der Waals surface area (Å²) in [6.45, 7) is 0. The minimum absolute atomic E-state index is 0.197. The van der Waals surface area contributed by atoms with Gasteiger partial charge in [0.1, 0.15) is 0 Å². The smallest absolute Gasteiger partial charge is 0.313 e. The van der Waals surface area contributed by atoms with E-state index in [-0.39, 0.29) is 15.1 Å². The van der Waals surface area contributed by atoms with Crippen molar-refractivity contribution in [3.05, 3.63) is 5.01 Å². The second kappa shape index (κ2) is 4.47. The molecule has 0 aromatic carbocycles. The number of nitrogens with zero attached hydrogens (tertiary/aromatic N) is 2. The Hall–Kier alpha value is -0.760. The summed E-state index contributed by atoms with van der Waals surface area (Å²) >= 11 is 1.59. The third kappa shape index (κ3) is 3.23. The van der Waals surface area contributed by atoms with Gasteiger partial charge < -0.3 is 5.11 Å². The average molecular weight is 226 g/mol. The SMILES string of the molecule is O=C(O)CSc1nnc(C(F)F)s1. The van der Waals surface area contributed by atoms with Gasteiger partial charge in [-0.2, -0.15) is 0 Å². The molecule has 0 amide bonds. The van der Waals surface area contributed by atoms with Gasteiger partial charge in [-0.25, -0.2) is 8.78 Å². The van der Waals surface area contributed by atoms with Gasteiger partial charge >= 0.3 is 5.97 Å². The van der Waals surface area contributed by atoms with Crippen LogP contribution < -0.4 is 0 Å². The predicted molar refractivity (Wildman–Crippen MR) is 43.2 cm³/mol. The quantitative estimate of drug-likeness (QED) is 0.791. The first-order valence-corrected chi connectivity index (χ1v) is 4.86. The normalized spacial score (nSPS) is 10.7. The lowest BCUT2D eigenvalue weighted by Crippen LogP contribution is -1.96. The van der Waals surface area contributed by atoms with Gasteiger partial charge in [-0.1, -0.05) is 23.1 Å². The lowest BCUT2D eigenvalue weighted by Gasteiger charge is -1.88. The number of rotatable bonds is 4. The Kier molecular flexibility index (Phi) is 3.55. The van der Waals surface area contributed by atoms with Crippen LogP contribution in [0.25, 0.3) is 0 Å². The second-order valence-electron chi connectivity index (χ2n) is 1.89. The molecule has 1 N–H and O–H groups in total. The maximum Gasteiger partial charge on any atom is 0.313 e. The summed E-state index contributed by atoms with van der Waals surface area (Å²) < 4.78 is 24.2. The van der Waals surface area contributed by atoms with Crippen LogP contribution in [0.2, 0.25) is 0 Å². The van der Waals surface area contributed by atoms with Crippen LogP contribution in [0.5, 0.6) is 0 Å². The molecule has 1 heterocycles. The Balaban J connectivity index is 2.54. The van der Waals surface area contributed by atoms with Gasteiger partial charge in [0, 0.05) is 0 Å². The van der Waals surface area contributed by atoms with Crippen LogP contribution >= 0.6 is 23.1 Å². The van der Waals surface area contributed by atoms with E-state index in [2.05, 4.69) is 10.2 Å². The van der Waals surface area contributed by atoms with E-state index in [1.54, 1.807) is 0 Å². The third-order valence-corrected chi connectivity index (χ3v) is 2.98. The zero-order chi connectivity index (χ0) is 9.84. The van der Waals surface area contributed by atoms with Crippen molar-refractivity contribution >= 4 is 29.1 Å². The number of hydrogen-bond donors (Lipinski definition) is 1. The maximum atomic E-state index is 12.0. The van der Waals surface area contributed by atoms with E-state index in [1.165, 1.54) is 0 Å². The van der Waals surface area contributed by atoms with Gasteiger partial charge in [0.15, 0.2) is 9.35 Å². The van der Waals surface area contributed by atoms with E-state index < -0.39 is 12.4 Å². The largest absolute Gasteiger partial charge is 0.481 e. The first kappa shape index (κ1) is 10.3. The lowest BCUT2D eigenvalue weighted by atomic mass is 10.8. The molecule has 72 valence electrons. The average Bonchev–Trinajstić information content (AvgIpc) is 2.48. The molecule has 0 unspecified atom stereocenters. The van der Waals surface area contributed by atoms with Gasteiger partial charge in [-0.3, -0.25) is 4.79 Å². The fourth-order valence-corrected chi connectivity index (χ4v) is 1.94. The van der Waals surface area contributed by atoms with Gasteiger partial charge in [0.05, 0.1) is 5.75 Å². The van der Waals surface area contributed by atoms with E-state index >= 15 is 0 Å². The molecular formula is C5H4F2N2O2S2. The molecule has 0 atom stereocenters. The molecule has 0 radical (unpaired) electrons. The highest BCUT2D eigenvalue weighted by Crippen LogP contribution is 2.27. The van der Waals surface area contributed by atoms with Gasteiger partial charge in [-0.15, -0.1) is 10.2 Å². The van der Waals surface area contributed by atoms with Gasteiger partial charge in [-0.05, 0) is 0 Å². The molecule has 1 rings (SSSR count). The van der Waals surface area contributed by atoms with Crippen molar-refractivity contribution in [2.24, 2.45) is 0 Å². The summed E-state index contributed by atoms with van der Waals surface area (Å²) in [4.78, 5) is 10.1. The first-order chi connectivity index (χ1) is 6.09. The van der Waals surface area contributed by atoms with Gasteiger partial charge in [0.25, 0.3) is 6.43 Å². The van der Waals surface area contributed by atoms with Crippen molar-refractivity contribution in [2.75, 3.05) is 5.75 Å². The molecule has 0 aliphatic rings. The van der Waals surface area contributed by atoms with Crippen molar-refractivity contribution in [3.63, 3.8) is 0 Å². The molecule has 1 aromatic heterocycles. The van der Waals surface area contributed by atoms with Crippen LogP contribution in [0.1, 0.15) is 11.4 Å². The van der Waals surface area contributed by atoms with Crippen LogP contribution in [0.15, 0.2) is 4.34 Å². The summed E-state index contributed by atoms with van der Waals surface area (Å²) in [5.74, 6) is -1.21. The van der Waals surface area contributed by atoms with Gasteiger partial charge in [0.2, 0.25) is 0 Å². The molecule has 8 heteroatoms. The minimum atomic E-state index is -2.64. The minimum Gasteiger partial charge on any atom is -0.481 e. The molecule has 0 aliphatic carbocycles. The summed E-state index contributed by atoms with van der Waals surface area (Å²) in [7, 11) is 0. The molecule has 0 saturated carbocycles. The maximum absolute atomic E-state index is 12.0. The van der Waals surface area contributed by atoms with Crippen LogP contribution in [-0.2, 0) is 4.79 Å². The fraction of sp³-hybridized carbons (Fsp3) is 0.400. The molecule has 0 bridgehead atoms. The van der Waals surface area contributed by atoms with Crippen LogP contribution in [0.4, 0.5) is 8.78 Å². The van der Waals surface area contributed by atoms with Crippen LogP contribution in [-0.4, -0.2) is 27.0 Å². The number of carbonyl (C=O) groups is 1. The molecule has 1 aromatic rings. The van der Waals surface area contributed by atoms with Crippen molar-refractivity contribution in [2.45, 2.75) is 10.8 Å². The monoisotopic (exact) mass is 226 g/mol.